The van der Waals surface area contributed by atoms with E-state index in [4.69, 9.17) is 28.0 Å². The van der Waals surface area contributed by atoms with Crippen LogP contribution in [-0.2, 0) is 15.2 Å². The van der Waals surface area contributed by atoms with E-state index < -0.39 is 13.7 Å². The van der Waals surface area contributed by atoms with Crippen molar-refractivity contribution in [2.24, 2.45) is 5.16 Å². The van der Waals surface area contributed by atoms with Gasteiger partial charge in [0.15, 0.2) is 5.41 Å². The molecule has 1 unspecified atom stereocenters. The largest absolute Gasteiger partial charge is 0.399 e. The Hall–Kier alpha value is -1.70. The highest BCUT2D eigenvalue weighted by atomic mass is 35.5. The predicted octanol–water partition coefficient (Wildman–Crippen LogP) is 7.07. The van der Waals surface area contributed by atoms with E-state index in [2.05, 4.69) is 43.9 Å². The molecule has 3 rings (SSSR count). The second kappa shape index (κ2) is 12.0. The van der Waals surface area contributed by atoms with Gasteiger partial charge in [-0.1, -0.05) is 98.6 Å². The van der Waals surface area contributed by atoms with Gasteiger partial charge in [0.1, 0.15) is 20.9 Å². The number of aliphatic hydroxyl groups is 1. The lowest BCUT2D eigenvalue weighted by Crippen LogP contribution is -2.51. The number of hydrogen-bond donors (Lipinski definition) is 1. The van der Waals surface area contributed by atoms with Gasteiger partial charge in [0, 0.05) is 19.0 Å². The molecule has 1 atom stereocenters. The molecule has 1 heterocycles. The first-order valence-electron chi connectivity index (χ1n) is 12.9. The molecule has 0 aromatic heterocycles. The van der Waals surface area contributed by atoms with Gasteiger partial charge in [-0.05, 0) is 54.1 Å². The van der Waals surface area contributed by atoms with E-state index in [-0.39, 0.29) is 16.4 Å². The molecule has 1 aliphatic heterocycles. The second-order valence-corrected chi connectivity index (χ2v) is 17.6. The number of carbonyl (C=O) groups is 1. The van der Waals surface area contributed by atoms with Crippen molar-refractivity contribution in [3.05, 3.63) is 69.7 Å². The second-order valence-electron chi connectivity index (χ2n) is 11.6. The van der Waals surface area contributed by atoms with Gasteiger partial charge in [0.25, 0.3) is 0 Å². The summed E-state index contributed by atoms with van der Waals surface area (Å²) in [6.07, 6.45) is 2.00. The van der Waals surface area contributed by atoms with Gasteiger partial charge in [-0.2, -0.15) is 0 Å². The van der Waals surface area contributed by atoms with Crippen molar-refractivity contribution in [1.29, 1.82) is 0 Å². The Morgan fingerprint density at radius 2 is 1.73 bits per heavy atom. The van der Waals surface area contributed by atoms with E-state index in [1.54, 1.807) is 6.07 Å². The summed E-state index contributed by atoms with van der Waals surface area (Å²) in [5, 5.41) is 16.4. The lowest BCUT2D eigenvalue weighted by Gasteiger charge is -2.39. The van der Waals surface area contributed by atoms with E-state index >= 15 is 0 Å². The molecule has 0 bridgehead atoms. The third-order valence-corrected chi connectivity index (χ3v) is 14.1. The fourth-order valence-corrected chi connectivity index (χ4v) is 6.56. The van der Waals surface area contributed by atoms with Gasteiger partial charge < -0.3 is 14.8 Å². The number of hydrogen-bond acceptors (Lipinski definition) is 5. The standard InChI is InChI=1S/C29H40Cl2N2O3Si/c1-28(2,3)37(5,6)27(34)26(32-36-4)23(21-12-13-24(30)25(31)20-21)14-17-33-18-15-29(35,16-19-33)22-10-8-7-9-11-22/h7-13,20,23,35H,14-19H2,1-6H3. The Balaban J connectivity index is 1.85. The zero-order valence-electron chi connectivity index (χ0n) is 22.9. The molecule has 0 spiro atoms. The van der Waals surface area contributed by atoms with E-state index in [1.165, 1.54) is 7.11 Å². The molecule has 2 aromatic rings. The first kappa shape index (κ1) is 29.8. The minimum absolute atomic E-state index is 0.0926. The lowest BCUT2D eigenvalue weighted by atomic mass is 9.84. The molecule has 202 valence electrons. The van der Waals surface area contributed by atoms with Crippen molar-refractivity contribution in [3.63, 3.8) is 0 Å². The maximum atomic E-state index is 14.0. The van der Waals surface area contributed by atoms with Crippen LogP contribution in [-0.4, -0.2) is 55.9 Å². The number of piperidine rings is 1. The first-order valence-corrected chi connectivity index (χ1v) is 16.7. The molecule has 2 aromatic carbocycles. The maximum absolute atomic E-state index is 14.0. The molecule has 0 saturated carbocycles. The Morgan fingerprint density at radius 3 is 2.27 bits per heavy atom. The van der Waals surface area contributed by atoms with E-state index in [1.807, 2.05) is 42.5 Å². The molecule has 0 amide bonds. The molecular formula is C29H40Cl2N2O3Si. The average molecular weight is 564 g/mol. The van der Waals surface area contributed by atoms with Crippen molar-refractivity contribution < 1.29 is 14.7 Å². The third-order valence-electron chi connectivity index (χ3n) is 8.27. The highest BCUT2D eigenvalue weighted by Gasteiger charge is 2.46. The molecule has 1 saturated heterocycles. The highest BCUT2D eigenvalue weighted by molar-refractivity contribution is 7.14. The smallest absolute Gasteiger partial charge is 0.158 e. The lowest BCUT2D eigenvalue weighted by molar-refractivity contribution is -0.107. The van der Waals surface area contributed by atoms with E-state index in [9.17, 15) is 9.90 Å². The van der Waals surface area contributed by atoms with Crippen LogP contribution in [0.25, 0.3) is 0 Å². The Labute approximate surface area is 232 Å². The zero-order chi connectivity index (χ0) is 27.4. The number of carbonyl (C=O) groups excluding carboxylic acids is 1. The fraction of sp³-hybridized carbons (Fsp3) is 0.517. The summed E-state index contributed by atoms with van der Waals surface area (Å²) in [6, 6.07) is 15.4. The quantitative estimate of drug-likeness (QED) is 0.201. The molecule has 8 heteroatoms. The third kappa shape index (κ3) is 6.84. The van der Waals surface area contributed by atoms with Crippen molar-refractivity contribution in [2.45, 2.75) is 69.7 Å². The summed E-state index contributed by atoms with van der Waals surface area (Å²) in [6.45, 7) is 12.9. The number of oxime groups is 1. The molecule has 1 aliphatic rings. The molecule has 0 aliphatic carbocycles. The van der Waals surface area contributed by atoms with Crippen molar-refractivity contribution >= 4 is 42.4 Å². The van der Waals surface area contributed by atoms with Crippen LogP contribution in [0.5, 0.6) is 0 Å². The van der Waals surface area contributed by atoms with Gasteiger partial charge in [0.2, 0.25) is 0 Å². The molecule has 37 heavy (non-hydrogen) atoms. The van der Waals surface area contributed by atoms with Gasteiger partial charge in [-0.15, -0.1) is 0 Å². The Kier molecular flexibility index (Phi) is 9.68. The van der Waals surface area contributed by atoms with E-state index in [0.717, 1.165) is 30.8 Å². The minimum atomic E-state index is -2.41. The normalized spacial score (nSPS) is 17.9. The predicted molar refractivity (Wildman–Crippen MR) is 156 cm³/mol. The molecule has 1 N–H and O–H groups in total. The average Bonchev–Trinajstić information content (AvgIpc) is 2.86. The van der Waals surface area contributed by atoms with Gasteiger partial charge in [0.05, 0.1) is 15.6 Å². The van der Waals surface area contributed by atoms with E-state index in [0.29, 0.717) is 35.0 Å². The Bertz CT molecular complexity index is 1110. The Morgan fingerprint density at radius 1 is 1.11 bits per heavy atom. The van der Waals surface area contributed by atoms with Crippen molar-refractivity contribution in [1.82, 2.24) is 4.90 Å². The summed E-state index contributed by atoms with van der Waals surface area (Å²) in [4.78, 5) is 21.6. The van der Waals surface area contributed by atoms with Crippen LogP contribution in [0.15, 0.2) is 53.7 Å². The van der Waals surface area contributed by atoms with Crippen molar-refractivity contribution in [3.8, 4) is 0 Å². The number of rotatable bonds is 9. The van der Waals surface area contributed by atoms with Crippen LogP contribution in [0.4, 0.5) is 0 Å². The molecule has 5 nitrogen and oxygen atoms in total. The van der Waals surface area contributed by atoms with Crippen LogP contribution in [0, 0.1) is 0 Å². The molecule has 1 fully saturated rings. The molecular weight excluding hydrogens is 523 g/mol. The minimum Gasteiger partial charge on any atom is -0.399 e. The van der Waals surface area contributed by atoms with Crippen molar-refractivity contribution in [2.75, 3.05) is 26.7 Å². The number of likely N-dealkylation sites (tertiary alicyclic amines) is 1. The summed E-state index contributed by atoms with van der Waals surface area (Å²) in [5.74, 6) is -0.286. The fourth-order valence-electron chi connectivity index (χ4n) is 4.71. The highest BCUT2D eigenvalue weighted by Crippen LogP contribution is 2.39. The summed E-state index contributed by atoms with van der Waals surface area (Å²) < 4.78 is 0. The van der Waals surface area contributed by atoms with Gasteiger partial charge in [-0.3, -0.25) is 4.79 Å². The van der Waals surface area contributed by atoms with Gasteiger partial charge in [-0.25, -0.2) is 0 Å². The summed E-state index contributed by atoms with van der Waals surface area (Å²) >= 11 is 12.6. The molecule has 0 radical (unpaired) electrons. The number of halogens is 2. The van der Waals surface area contributed by atoms with Crippen LogP contribution < -0.4 is 0 Å². The van der Waals surface area contributed by atoms with Crippen LogP contribution in [0.1, 0.15) is 57.1 Å². The topological polar surface area (TPSA) is 62.1 Å². The van der Waals surface area contributed by atoms with Crippen LogP contribution in [0.2, 0.25) is 28.2 Å². The number of benzene rings is 2. The van der Waals surface area contributed by atoms with Gasteiger partial charge >= 0.3 is 0 Å². The zero-order valence-corrected chi connectivity index (χ0v) is 25.4. The van der Waals surface area contributed by atoms with Crippen LogP contribution in [0.3, 0.4) is 0 Å². The summed E-state index contributed by atoms with van der Waals surface area (Å²) in [5.41, 5.74) is 1.51. The maximum Gasteiger partial charge on any atom is 0.158 e. The monoisotopic (exact) mass is 562 g/mol. The van der Waals surface area contributed by atoms with Crippen LogP contribution >= 0.6 is 23.2 Å². The summed E-state index contributed by atoms with van der Waals surface area (Å²) in [7, 11) is -0.923. The number of nitrogens with zero attached hydrogens (tertiary/aromatic N) is 2. The first-order chi connectivity index (χ1) is 17.3. The SMILES string of the molecule is CON=C(C(=O)[Si](C)(C)C(C)(C)C)C(CCN1CCC(O)(c2ccccc2)CC1)c1ccc(Cl)c(Cl)c1.